The quantitative estimate of drug-likeness (QED) is 0.742. The summed E-state index contributed by atoms with van der Waals surface area (Å²) >= 11 is 0. The van der Waals surface area contributed by atoms with Gasteiger partial charge in [-0.2, -0.15) is 0 Å². The smallest absolute Gasteiger partial charge is 0.225 e. The number of aromatic nitrogens is 2. The van der Waals surface area contributed by atoms with Gasteiger partial charge in [0.2, 0.25) is 5.95 Å². The van der Waals surface area contributed by atoms with E-state index < -0.39 is 0 Å². The molecule has 1 saturated heterocycles. The van der Waals surface area contributed by atoms with E-state index in [9.17, 15) is 0 Å². The van der Waals surface area contributed by atoms with E-state index in [-0.39, 0.29) is 0 Å². The van der Waals surface area contributed by atoms with Crippen LogP contribution in [0.15, 0.2) is 42.2 Å². The van der Waals surface area contributed by atoms with E-state index in [1.807, 2.05) is 0 Å². The van der Waals surface area contributed by atoms with Crippen molar-refractivity contribution in [1.82, 2.24) is 19.8 Å². The Bertz CT molecular complexity index is 830. The van der Waals surface area contributed by atoms with Gasteiger partial charge in [-0.1, -0.05) is 36.8 Å². The predicted molar refractivity (Wildman–Crippen MR) is 128 cm³/mol. The molecular formula is C26H37N5. The van der Waals surface area contributed by atoms with Crippen LogP contribution >= 0.6 is 0 Å². The molecule has 4 aliphatic rings. The SMILES string of the molecule is C1=C/CC\C=C/C(CN2CCCc3nc(N4CCN(C5CCC5)CC4)ncc3CC2)=C\1. The Hall–Kier alpha value is -1.98. The summed E-state index contributed by atoms with van der Waals surface area (Å²) in [6.45, 7) is 7.75. The summed E-state index contributed by atoms with van der Waals surface area (Å²) < 4.78 is 0. The zero-order chi connectivity index (χ0) is 20.9. The number of nitrogens with zero attached hydrogens (tertiary/aromatic N) is 5. The predicted octanol–water partition coefficient (Wildman–Crippen LogP) is 3.77. The lowest BCUT2D eigenvalue weighted by molar-refractivity contribution is 0.120. The van der Waals surface area contributed by atoms with Gasteiger partial charge < -0.3 is 4.90 Å². The van der Waals surface area contributed by atoms with Crippen LogP contribution in [-0.2, 0) is 12.8 Å². The van der Waals surface area contributed by atoms with Crippen molar-refractivity contribution in [3.63, 3.8) is 0 Å². The van der Waals surface area contributed by atoms with E-state index in [0.717, 1.165) is 70.4 Å². The van der Waals surface area contributed by atoms with E-state index in [1.165, 1.54) is 55.6 Å². The molecule has 1 aromatic rings. The van der Waals surface area contributed by atoms with Crippen LogP contribution in [0.1, 0.15) is 49.8 Å². The molecule has 1 aromatic heterocycles. The average molecular weight is 420 g/mol. The van der Waals surface area contributed by atoms with Crippen molar-refractivity contribution in [3.05, 3.63) is 53.4 Å². The van der Waals surface area contributed by atoms with E-state index in [1.54, 1.807) is 0 Å². The third-order valence-corrected chi connectivity index (χ3v) is 7.40. The lowest BCUT2D eigenvalue weighted by Crippen LogP contribution is -2.52. The van der Waals surface area contributed by atoms with Crippen LogP contribution < -0.4 is 4.90 Å². The minimum Gasteiger partial charge on any atom is -0.338 e. The van der Waals surface area contributed by atoms with E-state index in [0.29, 0.717) is 0 Å². The molecule has 3 heterocycles. The molecule has 0 atom stereocenters. The molecule has 31 heavy (non-hydrogen) atoms. The largest absolute Gasteiger partial charge is 0.338 e. The number of piperazine rings is 1. The van der Waals surface area contributed by atoms with Crippen LogP contribution in [0.3, 0.4) is 0 Å². The second-order valence-electron chi connectivity index (χ2n) is 9.53. The fraction of sp³-hybridized carbons (Fsp3) is 0.615. The molecule has 0 bridgehead atoms. The van der Waals surface area contributed by atoms with Crippen LogP contribution in [-0.4, -0.2) is 71.6 Å². The Kier molecular flexibility index (Phi) is 6.80. The van der Waals surface area contributed by atoms with Crippen LogP contribution in [0.2, 0.25) is 0 Å². The topological polar surface area (TPSA) is 35.5 Å². The molecule has 2 aliphatic heterocycles. The number of fused-ring (bicyclic) bond motifs is 1. The van der Waals surface area contributed by atoms with Crippen LogP contribution in [0, 0.1) is 0 Å². The first kappa shape index (κ1) is 20.9. The molecule has 0 unspecified atom stereocenters. The van der Waals surface area contributed by atoms with E-state index in [4.69, 9.17) is 9.97 Å². The zero-order valence-corrected chi connectivity index (χ0v) is 18.9. The highest BCUT2D eigenvalue weighted by molar-refractivity contribution is 5.35. The molecule has 0 N–H and O–H groups in total. The summed E-state index contributed by atoms with van der Waals surface area (Å²) in [5.74, 6) is 0.959. The number of aryl methyl sites for hydroxylation is 1. The zero-order valence-electron chi connectivity index (χ0n) is 18.9. The van der Waals surface area contributed by atoms with Gasteiger partial charge in [0.1, 0.15) is 0 Å². The van der Waals surface area contributed by atoms with Gasteiger partial charge in [-0.05, 0) is 62.6 Å². The molecule has 2 fully saturated rings. The van der Waals surface area contributed by atoms with Crippen molar-refractivity contribution < 1.29 is 0 Å². The highest BCUT2D eigenvalue weighted by Gasteiger charge is 2.28. The van der Waals surface area contributed by atoms with Crippen molar-refractivity contribution in [1.29, 1.82) is 0 Å². The second-order valence-corrected chi connectivity index (χ2v) is 9.53. The number of hydrogen-bond acceptors (Lipinski definition) is 5. The maximum atomic E-state index is 5.05. The first-order valence-electron chi connectivity index (χ1n) is 12.4. The molecule has 0 aromatic carbocycles. The number of rotatable bonds is 4. The van der Waals surface area contributed by atoms with Gasteiger partial charge in [-0.25, -0.2) is 9.97 Å². The molecule has 0 spiro atoms. The van der Waals surface area contributed by atoms with Gasteiger partial charge in [-0.3, -0.25) is 9.80 Å². The third kappa shape index (κ3) is 5.27. The summed E-state index contributed by atoms with van der Waals surface area (Å²) in [5, 5.41) is 0. The minimum absolute atomic E-state index is 0.853. The molecule has 5 heteroatoms. The van der Waals surface area contributed by atoms with E-state index >= 15 is 0 Å². The summed E-state index contributed by atoms with van der Waals surface area (Å²) in [6.07, 6.45) is 23.3. The summed E-state index contributed by atoms with van der Waals surface area (Å²) in [4.78, 5) is 17.5. The third-order valence-electron chi connectivity index (χ3n) is 7.40. The monoisotopic (exact) mass is 419 g/mol. The van der Waals surface area contributed by atoms with Crippen molar-refractivity contribution in [2.45, 2.75) is 57.4 Å². The van der Waals surface area contributed by atoms with Crippen molar-refractivity contribution >= 4 is 5.95 Å². The lowest BCUT2D eigenvalue weighted by atomic mass is 9.91. The number of hydrogen-bond donors (Lipinski definition) is 0. The average Bonchev–Trinajstić information content (AvgIpc) is 2.71. The second kappa shape index (κ2) is 10.1. The highest BCUT2D eigenvalue weighted by Crippen LogP contribution is 2.26. The summed E-state index contributed by atoms with van der Waals surface area (Å²) in [6, 6.07) is 0.853. The molecule has 1 saturated carbocycles. The fourth-order valence-electron chi connectivity index (χ4n) is 5.20. The Morgan fingerprint density at radius 2 is 1.77 bits per heavy atom. The molecule has 5 rings (SSSR count). The normalized spacial score (nSPS) is 27.6. The minimum atomic E-state index is 0.853. The van der Waals surface area contributed by atoms with Gasteiger partial charge in [0, 0.05) is 57.2 Å². The van der Waals surface area contributed by atoms with Crippen molar-refractivity contribution in [3.8, 4) is 0 Å². The van der Waals surface area contributed by atoms with Gasteiger partial charge in [-0.15, -0.1) is 0 Å². The summed E-state index contributed by atoms with van der Waals surface area (Å²) in [5.41, 5.74) is 4.06. The first-order chi connectivity index (χ1) is 15.3. The van der Waals surface area contributed by atoms with E-state index in [2.05, 4.69) is 51.3 Å². The summed E-state index contributed by atoms with van der Waals surface area (Å²) in [7, 11) is 0. The molecule has 2 aliphatic carbocycles. The van der Waals surface area contributed by atoms with Gasteiger partial charge >= 0.3 is 0 Å². The Balaban J connectivity index is 1.18. The van der Waals surface area contributed by atoms with Crippen LogP contribution in [0.25, 0.3) is 0 Å². The maximum absolute atomic E-state index is 5.05. The highest BCUT2D eigenvalue weighted by atomic mass is 15.3. The molecule has 166 valence electrons. The van der Waals surface area contributed by atoms with Gasteiger partial charge in [0.15, 0.2) is 0 Å². The van der Waals surface area contributed by atoms with Crippen molar-refractivity contribution in [2.75, 3.05) is 50.7 Å². The van der Waals surface area contributed by atoms with Gasteiger partial charge in [0.05, 0.1) is 0 Å². The maximum Gasteiger partial charge on any atom is 0.225 e. The Morgan fingerprint density at radius 3 is 2.61 bits per heavy atom. The molecular weight excluding hydrogens is 382 g/mol. The number of anilines is 1. The number of allylic oxidation sites excluding steroid dienone is 4. The molecule has 0 amide bonds. The molecule has 5 nitrogen and oxygen atoms in total. The standard InChI is InChI=1S/C26H37N5/c1-2-4-8-22(9-5-3-1)21-29-14-7-12-25-23(13-15-29)20-27-26(28-25)31-18-16-30(17-19-31)24-10-6-11-24/h2,4-5,8-9,20,24H,1,3,6-7,10-19,21H2/b4-2-,9-5-,22-8+. The lowest BCUT2D eigenvalue weighted by Gasteiger charge is -2.43. The van der Waals surface area contributed by atoms with Crippen molar-refractivity contribution in [2.24, 2.45) is 0 Å². The first-order valence-corrected chi connectivity index (χ1v) is 12.4. The molecule has 0 radical (unpaired) electrons. The van der Waals surface area contributed by atoms with Crippen LogP contribution in [0.5, 0.6) is 0 Å². The van der Waals surface area contributed by atoms with Crippen LogP contribution in [0.4, 0.5) is 5.95 Å². The Labute approximate surface area is 187 Å². The van der Waals surface area contributed by atoms with Gasteiger partial charge in [0.25, 0.3) is 0 Å². The Morgan fingerprint density at radius 1 is 0.903 bits per heavy atom. The fourth-order valence-corrected chi connectivity index (χ4v) is 5.20.